The summed E-state index contributed by atoms with van der Waals surface area (Å²) in [5.41, 5.74) is -1.07. The highest BCUT2D eigenvalue weighted by molar-refractivity contribution is 5.93. The highest BCUT2D eigenvalue weighted by atomic mass is 19.3. The van der Waals surface area contributed by atoms with Crippen LogP contribution < -0.4 is 5.32 Å². The number of carboxylic acid groups (broad SMARTS) is 1. The monoisotopic (exact) mass is 328 g/mol. The molecule has 2 N–H and O–H groups in total. The zero-order valence-corrected chi connectivity index (χ0v) is 11.9. The molecule has 2 aromatic rings. The Kier molecular flexibility index (Phi) is 4.53. The fourth-order valence-corrected chi connectivity index (χ4v) is 1.87. The highest BCUT2D eigenvalue weighted by Gasteiger charge is 2.28. The largest absolute Gasteiger partial charge is 0.478 e. The van der Waals surface area contributed by atoms with Gasteiger partial charge in [-0.25, -0.2) is 18.6 Å². The SMILES string of the molecule is CC(F)(F)c1ccc(C(=O)O)c(NCc2cc(F)ccc2F)n1. The minimum atomic E-state index is -3.27. The van der Waals surface area contributed by atoms with Gasteiger partial charge in [0.15, 0.2) is 0 Å². The second-order valence-electron chi connectivity index (χ2n) is 4.88. The lowest BCUT2D eigenvalue weighted by Crippen LogP contribution is -2.15. The summed E-state index contributed by atoms with van der Waals surface area (Å²) in [6.07, 6.45) is 0. The third-order valence-corrected chi connectivity index (χ3v) is 3.03. The Morgan fingerprint density at radius 1 is 1.26 bits per heavy atom. The molecule has 0 amide bonds. The molecule has 1 aromatic heterocycles. The van der Waals surface area contributed by atoms with Crippen LogP contribution in [-0.4, -0.2) is 16.1 Å². The van der Waals surface area contributed by atoms with Gasteiger partial charge in [0.25, 0.3) is 5.92 Å². The van der Waals surface area contributed by atoms with Crippen LogP contribution in [0.4, 0.5) is 23.4 Å². The van der Waals surface area contributed by atoms with Gasteiger partial charge in [-0.2, -0.15) is 8.78 Å². The summed E-state index contributed by atoms with van der Waals surface area (Å²) in [6.45, 7) is 0.307. The van der Waals surface area contributed by atoms with Gasteiger partial charge in [0.1, 0.15) is 28.7 Å². The molecule has 0 bridgehead atoms. The number of carboxylic acids is 1. The number of pyridine rings is 1. The first-order valence-corrected chi connectivity index (χ1v) is 6.49. The van der Waals surface area contributed by atoms with E-state index in [0.717, 1.165) is 30.3 Å². The number of carbonyl (C=O) groups is 1. The lowest BCUT2D eigenvalue weighted by Gasteiger charge is -2.14. The number of nitrogens with zero attached hydrogens (tertiary/aromatic N) is 1. The Bertz CT molecular complexity index is 745. The second-order valence-corrected chi connectivity index (χ2v) is 4.88. The number of alkyl halides is 2. The standard InChI is InChI=1S/C15H12F4N2O2/c1-15(18,19)12-5-3-10(14(22)23)13(21-12)20-7-8-6-9(16)2-4-11(8)17/h2-6H,7H2,1H3,(H,20,21)(H,22,23). The van der Waals surface area contributed by atoms with Crippen LogP contribution in [0.15, 0.2) is 30.3 Å². The molecule has 0 aliphatic carbocycles. The van der Waals surface area contributed by atoms with Gasteiger partial charge in [-0.3, -0.25) is 0 Å². The van der Waals surface area contributed by atoms with Crippen molar-refractivity contribution in [3.05, 3.63) is 58.8 Å². The predicted molar refractivity (Wildman–Crippen MR) is 74.4 cm³/mol. The van der Waals surface area contributed by atoms with Crippen LogP contribution in [0.2, 0.25) is 0 Å². The average molecular weight is 328 g/mol. The zero-order chi connectivity index (χ0) is 17.2. The molecular formula is C15H12F4N2O2. The minimum Gasteiger partial charge on any atom is -0.478 e. The Hall–Kier alpha value is -2.64. The van der Waals surface area contributed by atoms with Crippen molar-refractivity contribution in [2.24, 2.45) is 0 Å². The van der Waals surface area contributed by atoms with E-state index in [0.29, 0.717) is 6.92 Å². The minimum absolute atomic E-state index is 0.0863. The van der Waals surface area contributed by atoms with Gasteiger partial charge < -0.3 is 10.4 Å². The molecule has 4 nitrogen and oxygen atoms in total. The maximum Gasteiger partial charge on any atom is 0.339 e. The Balaban J connectivity index is 2.33. The summed E-state index contributed by atoms with van der Waals surface area (Å²) in [4.78, 5) is 14.7. The van der Waals surface area contributed by atoms with E-state index in [1.807, 2.05) is 0 Å². The maximum absolute atomic E-state index is 13.5. The van der Waals surface area contributed by atoms with Gasteiger partial charge in [-0.1, -0.05) is 0 Å². The topological polar surface area (TPSA) is 62.2 Å². The van der Waals surface area contributed by atoms with Gasteiger partial charge in [0.2, 0.25) is 0 Å². The third-order valence-electron chi connectivity index (χ3n) is 3.03. The van der Waals surface area contributed by atoms with Crippen molar-refractivity contribution in [2.45, 2.75) is 19.4 Å². The summed E-state index contributed by atoms with van der Waals surface area (Å²) >= 11 is 0. The Labute approximate surface area is 128 Å². The molecule has 1 heterocycles. The summed E-state index contributed by atoms with van der Waals surface area (Å²) in [7, 11) is 0. The van der Waals surface area contributed by atoms with Gasteiger partial charge >= 0.3 is 5.97 Å². The molecule has 2 rings (SSSR count). The summed E-state index contributed by atoms with van der Waals surface area (Å²) in [5.74, 6) is -6.39. The van der Waals surface area contributed by atoms with Crippen LogP contribution >= 0.6 is 0 Å². The Morgan fingerprint density at radius 2 is 1.96 bits per heavy atom. The Morgan fingerprint density at radius 3 is 2.57 bits per heavy atom. The first-order valence-electron chi connectivity index (χ1n) is 6.49. The molecule has 0 atom stereocenters. The van der Waals surface area contributed by atoms with E-state index in [9.17, 15) is 22.4 Å². The number of aromatic nitrogens is 1. The summed E-state index contributed by atoms with van der Waals surface area (Å²) in [6, 6.07) is 4.64. The number of hydrogen-bond acceptors (Lipinski definition) is 3. The van der Waals surface area contributed by atoms with Gasteiger partial charge in [-0.15, -0.1) is 0 Å². The van der Waals surface area contributed by atoms with E-state index in [1.54, 1.807) is 0 Å². The average Bonchev–Trinajstić information content (AvgIpc) is 2.46. The second kappa shape index (κ2) is 6.23. The van der Waals surface area contributed by atoms with Crippen LogP contribution in [0.5, 0.6) is 0 Å². The smallest absolute Gasteiger partial charge is 0.339 e. The molecule has 23 heavy (non-hydrogen) atoms. The first-order chi connectivity index (χ1) is 10.7. The van der Waals surface area contributed by atoms with Crippen molar-refractivity contribution in [1.29, 1.82) is 0 Å². The van der Waals surface area contributed by atoms with Crippen molar-refractivity contribution < 1.29 is 27.5 Å². The van der Waals surface area contributed by atoms with Crippen molar-refractivity contribution in [2.75, 3.05) is 5.32 Å². The molecule has 8 heteroatoms. The number of benzene rings is 1. The van der Waals surface area contributed by atoms with Crippen LogP contribution in [-0.2, 0) is 12.5 Å². The van der Waals surface area contributed by atoms with E-state index in [1.165, 1.54) is 0 Å². The molecule has 1 aromatic carbocycles. The lowest BCUT2D eigenvalue weighted by atomic mass is 10.1. The number of rotatable bonds is 5. The van der Waals surface area contributed by atoms with E-state index in [2.05, 4.69) is 10.3 Å². The molecule has 0 fully saturated rings. The van der Waals surface area contributed by atoms with E-state index in [4.69, 9.17) is 5.11 Å². The molecule has 122 valence electrons. The van der Waals surface area contributed by atoms with Crippen molar-refractivity contribution in [3.63, 3.8) is 0 Å². The van der Waals surface area contributed by atoms with Gasteiger partial charge in [0.05, 0.1) is 0 Å². The number of halogens is 4. The van der Waals surface area contributed by atoms with Crippen molar-refractivity contribution in [3.8, 4) is 0 Å². The zero-order valence-electron chi connectivity index (χ0n) is 11.9. The third kappa shape index (κ3) is 3.97. The number of aromatic carboxylic acids is 1. The normalized spacial score (nSPS) is 11.3. The van der Waals surface area contributed by atoms with Crippen LogP contribution in [0.3, 0.4) is 0 Å². The van der Waals surface area contributed by atoms with Crippen molar-refractivity contribution in [1.82, 2.24) is 4.98 Å². The van der Waals surface area contributed by atoms with Crippen LogP contribution in [0, 0.1) is 11.6 Å². The maximum atomic E-state index is 13.5. The quantitative estimate of drug-likeness (QED) is 0.820. The number of anilines is 1. The van der Waals surface area contributed by atoms with Gasteiger partial charge in [0, 0.05) is 19.0 Å². The molecule has 0 spiro atoms. The van der Waals surface area contributed by atoms with E-state index >= 15 is 0 Å². The van der Waals surface area contributed by atoms with Crippen LogP contribution in [0.1, 0.15) is 28.5 Å². The molecule has 0 saturated carbocycles. The van der Waals surface area contributed by atoms with Crippen molar-refractivity contribution >= 4 is 11.8 Å². The molecule has 0 unspecified atom stereocenters. The summed E-state index contributed by atoms with van der Waals surface area (Å²) in [5, 5.41) is 11.5. The molecule has 0 aliphatic rings. The molecule has 0 radical (unpaired) electrons. The molecule has 0 aliphatic heterocycles. The fraction of sp³-hybridized carbons (Fsp3) is 0.200. The lowest BCUT2D eigenvalue weighted by molar-refractivity contribution is 0.0128. The number of hydrogen-bond donors (Lipinski definition) is 2. The van der Waals surface area contributed by atoms with E-state index < -0.39 is 29.2 Å². The summed E-state index contributed by atoms with van der Waals surface area (Å²) < 4.78 is 53.2. The highest BCUT2D eigenvalue weighted by Crippen LogP contribution is 2.27. The molecule has 0 saturated heterocycles. The fourth-order valence-electron chi connectivity index (χ4n) is 1.87. The van der Waals surface area contributed by atoms with E-state index in [-0.39, 0.29) is 23.5 Å². The predicted octanol–water partition coefficient (Wildman–Crippen LogP) is 3.78. The first kappa shape index (κ1) is 16.7. The molecular weight excluding hydrogens is 316 g/mol. The van der Waals surface area contributed by atoms with Gasteiger partial charge in [-0.05, 0) is 30.3 Å². The number of nitrogens with one attached hydrogen (secondary N) is 1. The van der Waals surface area contributed by atoms with Crippen LogP contribution in [0.25, 0.3) is 0 Å².